The fraction of sp³-hybridized carbons (Fsp3) is 0.667. The molecule has 120 valence electrons. The molecule has 1 aromatic rings. The van der Waals surface area contributed by atoms with Crippen LogP contribution in [0.5, 0.6) is 0 Å². The third-order valence-electron chi connectivity index (χ3n) is 2.34. The van der Waals surface area contributed by atoms with Gasteiger partial charge in [-0.05, 0) is 13.5 Å². The quantitative estimate of drug-likeness (QED) is 0.582. The van der Waals surface area contributed by atoms with E-state index in [-0.39, 0.29) is 11.2 Å². The summed E-state index contributed by atoms with van der Waals surface area (Å²) in [4.78, 5) is 20.5. The lowest BCUT2D eigenvalue weighted by Gasteiger charge is -2.11. The van der Waals surface area contributed by atoms with Crippen molar-refractivity contribution in [3.8, 4) is 0 Å². The number of carbonyl (C=O) groups is 2. The van der Waals surface area contributed by atoms with E-state index >= 15 is 0 Å². The summed E-state index contributed by atoms with van der Waals surface area (Å²) in [5.41, 5.74) is 0. The molecule has 0 aliphatic rings. The molecule has 1 unspecified atom stereocenters. The molecule has 0 fully saturated rings. The monoisotopic (exact) mass is 318 g/mol. The van der Waals surface area contributed by atoms with Crippen molar-refractivity contribution in [1.82, 2.24) is 20.1 Å². The fourth-order valence-corrected chi connectivity index (χ4v) is 2.28. The van der Waals surface area contributed by atoms with Crippen molar-refractivity contribution in [2.45, 2.75) is 37.2 Å². The number of ether oxygens (including phenoxy) is 1. The lowest BCUT2D eigenvalue weighted by Crippen LogP contribution is -2.18. The second-order valence-corrected chi connectivity index (χ2v) is 5.21. The first-order chi connectivity index (χ1) is 9.87. The zero-order chi connectivity index (χ0) is 16.4. The van der Waals surface area contributed by atoms with Crippen LogP contribution in [0.4, 0.5) is 0 Å². The van der Waals surface area contributed by atoms with Gasteiger partial charge in [0.25, 0.3) is 5.97 Å². The summed E-state index contributed by atoms with van der Waals surface area (Å²) in [5, 5.41) is 19.1. The van der Waals surface area contributed by atoms with Crippen LogP contribution < -0.4 is 5.32 Å². The number of nitrogens with zero attached hydrogens (tertiary/aromatic N) is 3. The van der Waals surface area contributed by atoms with Gasteiger partial charge in [-0.1, -0.05) is 18.7 Å². The first-order valence-corrected chi connectivity index (χ1v) is 7.22. The van der Waals surface area contributed by atoms with Gasteiger partial charge in [0, 0.05) is 14.0 Å². The van der Waals surface area contributed by atoms with Crippen molar-refractivity contribution in [3.63, 3.8) is 0 Å². The SMILES string of the molecule is CC(=O)O.CCC(Sc1nnc(CNC)n1C)C(=O)OC. The molecule has 0 amide bonds. The molecule has 0 saturated heterocycles. The van der Waals surface area contributed by atoms with Gasteiger partial charge < -0.3 is 19.7 Å². The van der Waals surface area contributed by atoms with E-state index < -0.39 is 5.97 Å². The molecule has 0 bridgehead atoms. The Morgan fingerprint density at radius 1 is 1.48 bits per heavy atom. The second-order valence-electron chi connectivity index (χ2n) is 4.05. The molecule has 21 heavy (non-hydrogen) atoms. The number of rotatable bonds is 6. The highest BCUT2D eigenvalue weighted by molar-refractivity contribution is 8.00. The maximum Gasteiger partial charge on any atom is 0.319 e. The van der Waals surface area contributed by atoms with E-state index in [1.165, 1.54) is 18.9 Å². The molecular formula is C12H22N4O4S. The Morgan fingerprint density at radius 2 is 2.05 bits per heavy atom. The summed E-state index contributed by atoms with van der Waals surface area (Å²) in [6.07, 6.45) is 0.700. The predicted molar refractivity (Wildman–Crippen MR) is 79.0 cm³/mol. The second kappa shape index (κ2) is 10.2. The van der Waals surface area contributed by atoms with Crippen LogP contribution in [0, 0.1) is 0 Å². The summed E-state index contributed by atoms with van der Waals surface area (Å²) in [5.74, 6) is -0.217. The standard InChI is InChI=1S/C10H18N4O2S.C2H4O2/c1-5-7(9(15)16-4)17-10-13-12-8(6-11-2)14(10)3;1-2(3)4/h7,11H,5-6H2,1-4H3;1H3,(H,3,4). The van der Waals surface area contributed by atoms with Gasteiger partial charge in [-0.15, -0.1) is 10.2 Å². The van der Waals surface area contributed by atoms with Crippen molar-refractivity contribution < 1.29 is 19.4 Å². The summed E-state index contributed by atoms with van der Waals surface area (Å²) in [7, 11) is 5.14. The number of esters is 1. The summed E-state index contributed by atoms with van der Waals surface area (Å²) < 4.78 is 6.62. The normalized spacial score (nSPS) is 11.3. The van der Waals surface area contributed by atoms with Crippen molar-refractivity contribution >= 4 is 23.7 Å². The number of methoxy groups -OCH3 is 1. The molecule has 1 atom stereocenters. The highest BCUT2D eigenvalue weighted by atomic mass is 32.2. The van der Waals surface area contributed by atoms with E-state index in [9.17, 15) is 4.79 Å². The summed E-state index contributed by atoms with van der Waals surface area (Å²) >= 11 is 1.38. The largest absolute Gasteiger partial charge is 0.481 e. The van der Waals surface area contributed by atoms with Crippen molar-refractivity contribution in [1.29, 1.82) is 0 Å². The fourth-order valence-electron chi connectivity index (χ4n) is 1.32. The zero-order valence-corrected chi connectivity index (χ0v) is 13.7. The lowest BCUT2D eigenvalue weighted by atomic mass is 10.3. The first-order valence-electron chi connectivity index (χ1n) is 6.34. The number of aromatic nitrogens is 3. The Morgan fingerprint density at radius 3 is 2.48 bits per heavy atom. The molecule has 0 aliphatic heterocycles. The molecule has 0 radical (unpaired) electrons. The Hall–Kier alpha value is -1.61. The summed E-state index contributed by atoms with van der Waals surface area (Å²) in [6, 6.07) is 0. The average Bonchev–Trinajstić information content (AvgIpc) is 2.76. The molecule has 2 N–H and O–H groups in total. The molecule has 0 spiro atoms. The van der Waals surface area contributed by atoms with Crippen LogP contribution in [0.2, 0.25) is 0 Å². The molecule has 9 heteroatoms. The molecule has 1 rings (SSSR count). The summed E-state index contributed by atoms with van der Waals surface area (Å²) in [6.45, 7) is 3.68. The van der Waals surface area contributed by atoms with Gasteiger partial charge in [0.05, 0.1) is 13.7 Å². The Kier molecular flexibility index (Phi) is 9.39. The van der Waals surface area contributed by atoms with Gasteiger partial charge in [-0.25, -0.2) is 0 Å². The van der Waals surface area contributed by atoms with Gasteiger partial charge in [0.15, 0.2) is 5.16 Å². The number of hydrogen-bond acceptors (Lipinski definition) is 7. The molecule has 0 aromatic carbocycles. The van der Waals surface area contributed by atoms with E-state index in [0.717, 1.165) is 17.9 Å². The van der Waals surface area contributed by atoms with Crippen LogP contribution in [0.3, 0.4) is 0 Å². The molecule has 8 nitrogen and oxygen atoms in total. The topological polar surface area (TPSA) is 106 Å². The molecule has 1 aromatic heterocycles. The molecule has 1 heterocycles. The smallest absolute Gasteiger partial charge is 0.319 e. The minimum absolute atomic E-state index is 0.226. The Bertz CT molecular complexity index is 460. The number of aliphatic carboxylic acids is 1. The zero-order valence-electron chi connectivity index (χ0n) is 12.9. The average molecular weight is 318 g/mol. The number of thioether (sulfide) groups is 1. The number of carbonyl (C=O) groups excluding carboxylic acids is 1. The first kappa shape index (κ1) is 19.4. The van der Waals surface area contributed by atoms with Gasteiger partial charge in [-0.2, -0.15) is 0 Å². The minimum Gasteiger partial charge on any atom is -0.481 e. The number of nitrogens with one attached hydrogen (secondary N) is 1. The third kappa shape index (κ3) is 7.09. The van der Waals surface area contributed by atoms with Crippen LogP contribution in [-0.2, 0) is 27.9 Å². The Balaban J connectivity index is 0.000000885. The van der Waals surface area contributed by atoms with E-state index in [4.69, 9.17) is 14.6 Å². The third-order valence-corrected chi connectivity index (χ3v) is 3.72. The van der Waals surface area contributed by atoms with E-state index in [0.29, 0.717) is 13.0 Å². The van der Waals surface area contributed by atoms with Gasteiger partial charge in [-0.3, -0.25) is 9.59 Å². The van der Waals surface area contributed by atoms with Crippen LogP contribution in [0.25, 0.3) is 0 Å². The van der Waals surface area contributed by atoms with Crippen LogP contribution in [-0.4, -0.2) is 51.2 Å². The van der Waals surface area contributed by atoms with Crippen LogP contribution >= 0.6 is 11.8 Å². The van der Waals surface area contributed by atoms with Crippen LogP contribution in [0.1, 0.15) is 26.1 Å². The van der Waals surface area contributed by atoms with Gasteiger partial charge >= 0.3 is 5.97 Å². The lowest BCUT2D eigenvalue weighted by molar-refractivity contribution is -0.140. The van der Waals surface area contributed by atoms with Crippen molar-refractivity contribution in [2.24, 2.45) is 7.05 Å². The minimum atomic E-state index is -0.833. The maximum atomic E-state index is 11.5. The molecule has 0 saturated carbocycles. The van der Waals surface area contributed by atoms with E-state index in [1.54, 1.807) is 0 Å². The molecule has 0 aliphatic carbocycles. The van der Waals surface area contributed by atoms with E-state index in [1.807, 2.05) is 25.6 Å². The van der Waals surface area contributed by atoms with Gasteiger partial charge in [0.1, 0.15) is 11.1 Å². The highest BCUT2D eigenvalue weighted by Gasteiger charge is 2.21. The van der Waals surface area contributed by atoms with Crippen molar-refractivity contribution in [2.75, 3.05) is 14.2 Å². The molecular weight excluding hydrogens is 296 g/mol. The van der Waals surface area contributed by atoms with Gasteiger partial charge in [0.2, 0.25) is 0 Å². The van der Waals surface area contributed by atoms with E-state index in [2.05, 4.69) is 15.5 Å². The number of hydrogen-bond donors (Lipinski definition) is 2. The van der Waals surface area contributed by atoms with Crippen molar-refractivity contribution in [3.05, 3.63) is 5.82 Å². The number of carboxylic acids is 1. The highest BCUT2D eigenvalue weighted by Crippen LogP contribution is 2.24. The maximum absolute atomic E-state index is 11.5. The van der Waals surface area contributed by atoms with Crippen LogP contribution in [0.15, 0.2) is 5.16 Å². The predicted octanol–water partition coefficient (Wildman–Crippen LogP) is 0.669. The Labute approximate surface area is 128 Å². The number of carboxylic acid groups (broad SMARTS) is 1.